The lowest BCUT2D eigenvalue weighted by Crippen LogP contribution is -2.32. The molecule has 0 fully saturated rings. The average Bonchev–Trinajstić information content (AvgIpc) is 3.60. The minimum atomic E-state index is -3.91. The first-order valence-electron chi connectivity index (χ1n) is 12.9. The molecule has 1 atom stereocenters. The summed E-state index contributed by atoms with van der Waals surface area (Å²) < 4.78 is 43.1. The van der Waals surface area contributed by atoms with Crippen LogP contribution in [0.2, 0.25) is 0 Å². The lowest BCUT2D eigenvalue weighted by atomic mass is 10.2. The highest BCUT2D eigenvalue weighted by molar-refractivity contribution is 7.92. The van der Waals surface area contributed by atoms with E-state index in [-0.39, 0.29) is 22.7 Å². The fourth-order valence-electron chi connectivity index (χ4n) is 4.09. The first kappa shape index (κ1) is 28.4. The van der Waals surface area contributed by atoms with Crippen LogP contribution < -0.4 is 14.8 Å². The monoisotopic (exact) mass is 589 g/mol. The molecule has 0 radical (unpaired) electrons. The lowest BCUT2D eigenvalue weighted by molar-refractivity contribution is -0.124. The molecule has 0 aliphatic carbocycles. The van der Waals surface area contributed by atoms with Crippen molar-refractivity contribution in [3.05, 3.63) is 84.1 Å². The van der Waals surface area contributed by atoms with Gasteiger partial charge < -0.3 is 24.3 Å². The van der Waals surface area contributed by atoms with E-state index >= 15 is 0 Å². The predicted molar refractivity (Wildman–Crippen MR) is 155 cm³/mol. The highest BCUT2D eigenvalue weighted by atomic mass is 32.2. The molecule has 0 saturated heterocycles. The fourth-order valence-corrected chi connectivity index (χ4v) is 5.08. The summed E-state index contributed by atoms with van der Waals surface area (Å²) in [4.78, 5) is 33.6. The number of hydrogen-bond acceptors (Lipinski definition) is 9. The van der Waals surface area contributed by atoms with Gasteiger partial charge in [-0.2, -0.15) is 0 Å². The van der Waals surface area contributed by atoms with Crippen LogP contribution in [0.1, 0.15) is 29.5 Å². The third-order valence-corrected chi connectivity index (χ3v) is 7.66. The van der Waals surface area contributed by atoms with Gasteiger partial charge in [0.25, 0.3) is 15.9 Å². The maximum Gasteiger partial charge on any atom is 0.338 e. The van der Waals surface area contributed by atoms with Gasteiger partial charge in [0.2, 0.25) is 0 Å². The average molecular weight is 590 g/mol. The summed E-state index contributed by atoms with van der Waals surface area (Å²) >= 11 is 0. The molecule has 0 bridgehead atoms. The van der Waals surface area contributed by atoms with Gasteiger partial charge in [-0.3, -0.25) is 9.52 Å². The van der Waals surface area contributed by atoms with Crippen LogP contribution in [-0.2, 0) is 19.6 Å². The van der Waals surface area contributed by atoms with Crippen LogP contribution in [0, 0.1) is 6.92 Å². The summed E-state index contributed by atoms with van der Waals surface area (Å²) in [5.41, 5.74) is 2.74. The van der Waals surface area contributed by atoms with Crippen molar-refractivity contribution in [2.45, 2.75) is 31.3 Å². The maximum absolute atomic E-state index is 12.9. The number of aryl methyl sites for hydroxylation is 1. The second-order valence-corrected chi connectivity index (χ2v) is 11.0. The molecule has 216 valence electrons. The number of methoxy groups -OCH3 is 1. The number of rotatable bonds is 10. The number of aromatic nitrogens is 3. The highest BCUT2D eigenvalue weighted by Gasteiger charge is 2.23. The normalized spacial score (nSPS) is 12.1. The molecular formula is C29H27N5O7S. The fraction of sp³-hybridized carbons (Fsp3) is 0.172. The second-order valence-electron chi connectivity index (χ2n) is 9.29. The van der Waals surface area contributed by atoms with Gasteiger partial charge in [-0.25, -0.2) is 18.2 Å². The molecule has 1 amide bonds. The van der Waals surface area contributed by atoms with E-state index in [2.05, 4.69) is 25.2 Å². The number of imidazole rings is 1. The first-order valence-corrected chi connectivity index (χ1v) is 14.4. The van der Waals surface area contributed by atoms with E-state index in [1.54, 1.807) is 39.2 Å². The van der Waals surface area contributed by atoms with E-state index in [9.17, 15) is 18.0 Å². The Balaban J connectivity index is 1.23. The van der Waals surface area contributed by atoms with Gasteiger partial charge in [-0.05, 0) is 80.1 Å². The van der Waals surface area contributed by atoms with Gasteiger partial charge in [0.05, 0.1) is 28.6 Å². The number of fused-ring (bicyclic) bond motifs is 1. The number of sulfonamides is 1. The van der Waals surface area contributed by atoms with Gasteiger partial charge in [0, 0.05) is 17.3 Å². The van der Waals surface area contributed by atoms with Crippen molar-refractivity contribution in [3.63, 3.8) is 0 Å². The number of anilines is 2. The summed E-state index contributed by atoms with van der Waals surface area (Å²) in [5, 5.41) is 6.28. The van der Waals surface area contributed by atoms with Crippen LogP contribution in [0.25, 0.3) is 22.4 Å². The van der Waals surface area contributed by atoms with Crippen molar-refractivity contribution in [1.29, 1.82) is 0 Å². The van der Waals surface area contributed by atoms with E-state index in [1.807, 2.05) is 24.3 Å². The van der Waals surface area contributed by atoms with Crippen LogP contribution in [0.15, 0.2) is 82.2 Å². The number of nitrogens with one attached hydrogen (secondary N) is 3. The van der Waals surface area contributed by atoms with E-state index in [1.165, 1.54) is 30.3 Å². The number of benzene rings is 3. The van der Waals surface area contributed by atoms with Gasteiger partial charge in [0.15, 0.2) is 11.9 Å². The first-order chi connectivity index (χ1) is 20.1. The zero-order valence-electron chi connectivity index (χ0n) is 22.9. The molecule has 5 aromatic rings. The van der Waals surface area contributed by atoms with E-state index in [4.69, 9.17) is 14.0 Å². The van der Waals surface area contributed by atoms with Gasteiger partial charge in [0.1, 0.15) is 17.3 Å². The molecule has 0 aliphatic rings. The molecule has 12 nitrogen and oxygen atoms in total. The van der Waals surface area contributed by atoms with Crippen LogP contribution >= 0.6 is 0 Å². The Morgan fingerprint density at radius 1 is 1.02 bits per heavy atom. The topological polar surface area (TPSA) is 166 Å². The summed E-state index contributed by atoms with van der Waals surface area (Å²) in [6.07, 6.45) is -0.857. The largest absolute Gasteiger partial charge is 0.497 e. The van der Waals surface area contributed by atoms with Gasteiger partial charge in [-0.15, -0.1) is 0 Å². The zero-order valence-corrected chi connectivity index (χ0v) is 23.7. The second kappa shape index (κ2) is 11.7. The van der Waals surface area contributed by atoms with Crippen LogP contribution in [-0.4, -0.2) is 48.6 Å². The molecular weight excluding hydrogens is 562 g/mol. The van der Waals surface area contributed by atoms with Crippen molar-refractivity contribution in [2.24, 2.45) is 0 Å². The molecule has 13 heteroatoms. The summed E-state index contributed by atoms with van der Waals surface area (Å²) in [7, 11) is -2.32. The third kappa shape index (κ3) is 6.25. The Bertz CT molecular complexity index is 1850. The van der Waals surface area contributed by atoms with E-state index in [0.29, 0.717) is 28.3 Å². The molecule has 2 heterocycles. The SMILES string of the molecule is CCC(OC(=O)c1ccc2nc(-c3ccc(OC)cc3)[nH]c2c1)C(=O)Nc1ccc(S(=O)(=O)Nc2cc(C)on2)cc1. The smallest absolute Gasteiger partial charge is 0.338 e. The number of nitrogens with zero attached hydrogens (tertiary/aromatic N) is 2. The number of esters is 1. The number of aromatic amines is 1. The minimum Gasteiger partial charge on any atom is -0.497 e. The molecule has 3 aromatic carbocycles. The zero-order chi connectivity index (χ0) is 29.9. The predicted octanol–water partition coefficient (Wildman–Crippen LogP) is 4.91. The van der Waals surface area contributed by atoms with Crippen molar-refractivity contribution in [3.8, 4) is 17.1 Å². The van der Waals surface area contributed by atoms with Gasteiger partial charge >= 0.3 is 5.97 Å². The summed E-state index contributed by atoms with van der Waals surface area (Å²) in [6, 6.07) is 19.3. The number of H-pyrrole nitrogens is 1. The van der Waals surface area contributed by atoms with Crippen molar-refractivity contribution in [2.75, 3.05) is 17.1 Å². The Hall–Kier alpha value is -5.17. The molecule has 0 saturated carbocycles. The Kier molecular flexibility index (Phi) is 7.93. The number of amides is 1. The number of carbonyl (C=O) groups is 2. The number of carbonyl (C=O) groups excluding carboxylic acids is 2. The maximum atomic E-state index is 12.9. The van der Waals surface area contributed by atoms with Crippen LogP contribution in [0.5, 0.6) is 5.75 Å². The molecule has 1 unspecified atom stereocenters. The number of hydrogen-bond donors (Lipinski definition) is 3. The Morgan fingerprint density at radius 2 is 1.76 bits per heavy atom. The molecule has 0 spiro atoms. The summed E-state index contributed by atoms with van der Waals surface area (Å²) in [6.45, 7) is 3.35. The molecule has 42 heavy (non-hydrogen) atoms. The highest BCUT2D eigenvalue weighted by Crippen LogP contribution is 2.24. The van der Waals surface area contributed by atoms with Crippen LogP contribution in [0.3, 0.4) is 0 Å². The number of ether oxygens (including phenoxy) is 2. The summed E-state index contributed by atoms with van der Waals surface area (Å²) in [5.74, 6) is 0.648. The molecule has 3 N–H and O–H groups in total. The molecule has 0 aliphatic heterocycles. The Labute approximate surface area is 241 Å². The molecule has 2 aromatic heterocycles. The van der Waals surface area contributed by atoms with Crippen molar-refractivity contribution < 1.29 is 32.0 Å². The lowest BCUT2D eigenvalue weighted by Gasteiger charge is -2.16. The quantitative estimate of drug-likeness (QED) is 0.192. The minimum absolute atomic E-state index is 0.0380. The molecule has 5 rings (SSSR count). The van der Waals surface area contributed by atoms with Crippen LogP contribution in [0.4, 0.5) is 11.5 Å². The standard InChI is InChI=1S/C29H27N5O7S/c1-4-25(28(35)30-20-8-12-22(13-9-20)42(37,38)34-26-15-17(2)41-33-26)40-29(36)19-7-14-23-24(16-19)32-27(31-23)18-5-10-21(39-3)11-6-18/h5-16,25H,4H2,1-3H3,(H,30,35)(H,31,32)(H,33,34). The van der Waals surface area contributed by atoms with Crippen molar-refractivity contribution >= 4 is 44.4 Å². The van der Waals surface area contributed by atoms with E-state index in [0.717, 1.165) is 11.3 Å². The van der Waals surface area contributed by atoms with Gasteiger partial charge in [-0.1, -0.05) is 12.1 Å². The van der Waals surface area contributed by atoms with Crippen molar-refractivity contribution in [1.82, 2.24) is 15.1 Å². The third-order valence-electron chi connectivity index (χ3n) is 6.29. The van der Waals surface area contributed by atoms with E-state index < -0.39 is 28.0 Å². The Morgan fingerprint density at radius 3 is 2.40 bits per heavy atom.